The fourth-order valence-corrected chi connectivity index (χ4v) is 3.25. The summed E-state index contributed by atoms with van der Waals surface area (Å²) in [5, 5.41) is 12.4. The van der Waals surface area contributed by atoms with E-state index in [0.717, 1.165) is 19.4 Å². The van der Waals surface area contributed by atoms with Crippen LogP contribution in [0, 0.1) is 0 Å². The average molecular weight is 251 g/mol. The summed E-state index contributed by atoms with van der Waals surface area (Å²) in [6.07, 6.45) is 2.26. The van der Waals surface area contributed by atoms with Crippen LogP contribution >= 0.6 is 22.7 Å². The van der Waals surface area contributed by atoms with E-state index in [1.807, 2.05) is 0 Å². The smallest absolute Gasteiger partial charge is 0.0148 e. The Labute approximate surface area is 105 Å². The second kappa shape index (κ2) is 6.18. The maximum absolute atomic E-state index is 3.57. The van der Waals surface area contributed by atoms with E-state index in [-0.39, 0.29) is 0 Å². The zero-order valence-corrected chi connectivity index (χ0v) is 11.1. The summed E-state index contributed by atoms with van der Waals surface area (Å²) in [6, 6.07) is 5.01. The highest BCUT2D eigenvalue weighted by molar-refractivity contribution is 7.08. The Bertz CT molecular complexity index is 342. The largest absolute Gasteiger partial charge is 0.314 e. The Hall–Kier alpha value is -0.640. The summed E-state index contributed by atoms with van der Waals surface area (Å²) in [5.74, 6) is 0. The first-order valence-corrected chi connectivity index (χ1v) is 7.52. The normalized spacial score (nSPS) is 11.1. The van der Waals surface area contributed by atoms with Crippen molar-refractivity contribution < 1.29 is 0 Å². The number of rotatable bonds is 6. The summed E-state index contributed by atoms with van der Waals surface area (Å²) in [4.78, 5) is 0. The molecule has 1 N–H and O–H groups in total. The molecule has 0 bridgehead atoms. The molecule has 0 saturated carbocycles. The molecule has 0 aromatic carbocycles. The number of thiophene rings is 2. The van der Waals surface area contributed by atoms with Crippen LogP contribution in [0.4, 0.5) is 0 Å². The van der Waals surface area contributed by atoms with Gasteiger partial charge in [-0.05, 0) is 64.2 Å². The predicted molar refractivity (Wildman–Crippen MR) is 73.5 cm³/mol. The van der Waals surface area contributed by atoms with E-state index in [2.05, 4.69) is 45.9 Å². The van der Waals surface area contributed by atoms with E-state index in [1.165, 1.54) is 11.1 Å². The quantitative estimate of drug-likeness (QED) is 0.827. The first-order chi connectivity index (χ1) is 7.88. The van der Waals surface area contributed by atoms with Gasteiger partial charge < -0.3 is 5.32 Å². The number of nitrogens with one attached hydrogen (secondary N) is 1. The van der Waals surface area contributed by atoms with Crippen molar-refractivity contribution in [2.75, 3.05) is 6.54 Å². The zero-order chi connectivity index (χ0) is 11.2. The predicted octanol–water partition coefficient (Wildman–Crippen LogP) is 3.57. The Morgan fingerprint density at radius 2 is 1.62 bits per heavy atom. The van der Waals surface area contributed by atoms with Gasteiger partial charge in [-0.2, -0.15) is 22.7 Å². The van der Waals surface area contributed by atoms with Gasteiger partial charge in [0, 0.05) is 6.04 Å². The van der Waals surface area contributed by atoms with Crippen LogP contribution in [0.15, 0.2) is 33.7 Å². The topological polar surface area (TPSA) is 12.0 Å². The van der Waals surface area contributed by atoms with Gasteiger partial charge >= 0.3 is 0 Å². The van der Waals surface area contributed by atoms with Gasteiger partial charge in [-0.3, -0.25) is 0 Å². The molecule has 0 amide bonds. The van der Waals surface area contributed by atoms with E-state index in [4.69, 9.17) is 0 Å². The molecule has 0 aliphatic heterocycles. The highest BCUT2D eigenvalue weighted by Crippen LogP contribution is 2.13. The third-order valence-electron chi connectivity index (χ3n) is 2.62. The Morgan fingerprint density at radius 1 is 1.06 bits per heavy atom. The van der Waals surface area contributed by atoms with E-state index in [0.29, 0.717) is 6.04 Å². The average Bonchev–Trinajstić information content (AvgIpc) is 2.91. The summed E-state index contributed by atoms with van der Waals surface area (Å²) in [6.45, 7) is 3.22. The van der Waals surface area contributed by atoms with Crippen LogP contribution in [-0.2, 0) is 12.8 Å². The second-order valence-electron chi connectivity index (χ2n) is 3.93. The lowest BCUT2D eigenvalue weighted by molar-refractivity contribution is 0.522. The fourth-order valence-electron chi connectivity index (χ4n) is 1.89. The molecule has 1 nitrogen and oxygen atoms in total. The molecular formula is C13H17NS2. The highest BCUT2D eigenvalue weighted by Gasteiger charge is 2.09. The molecule has 0 spiro atoms. The van der Waals surface area contributed by atoms with Crippen LogP contribution in [0.25, 0.3) is 0 Å². The number of hydrogen-bond acceptors (Lipinski definition) is 3. The highest BCUT2D eigenvalue weighted by atomic mass is 32.1. The third-order valence-corrected chi connectivity index (χ3v) is 4.08. The SMILES string of the molecule is CCNC(Cc1ccsc1)Cc1ccsc1. The Kier molecular flexibility index (Phi) is 4.57. The molecule has 0 unspecified atom stereocenters. The van der Waals surface area contributed by atoms with Crippen molar-refractivity contribution in [3.63, 3.8) is 0 Å². The monoisotopic (exact) mass is 251 g/mol. The van der Waals surface area contributed by atoms with Crippen LogP contribution in [0.2, 0.25) is 0 Å². The van der Waals surface area contributed by atoms with Gasteiger partial charge in [-0.1, -0.05) is 6.92 Å². The molecule has 0 aliphatic carbocycles. The molecule has 2 aromatic rings. The van der Waals surface area contributed by atoms with Crippen molar-refractivity contribution in [1.29, 1.82) is 0 Å². The van der Waals surface area contributed by atoms with Gasteiger partial charge in [0.1, 0.15) is 0 Å². The molecule has 3 heteroatoms. The molecule has 0 aliphatic rings. The lowest BCUT2D eigenvalue weighted by Gasteiger charge is -2.16. The fraction of sp³-hybridized carbons (Fsp3) is 0.385. The third kappa shape index (κ3) is 3.44. The minimum Gasteiger partial charge on any atom is -0.314 e. The summed E-state index contributed by atoms with van der Waals surface area (Å²) < 4.78 is 0. The number of likely N-dealkylation sites (N-methyl/N-ethyl adjacent to an activating group) is 1. The molecule has 0 fully saturated rings. The molecule has 0 radical (unpaired) electrons. The van der Waals surface area contributed by atoms with E-state index in [1.54, 1.807) is 22.7 Å². The van der Waals surface area contributed by atoms with Crippen LogP contribution < -0.4 is 5.32 Å². The van der Waals surface area contributed by atoms with Crippen molar-refractivity contribution in [1.82, 2.24) is 5.32 Å². The van der Waals surface area contributed by atoms with E-state index < -0.39 is 0 Å². The van der Waals surface area contributed by atoms with Crippen molar-refractivity contribution in [2.45, 2.75) is 25.8 Å². The standard InChI is InChI=1S/C13H17NS2/c1-2-14-13(7-11-3-5-15-9-11)8-12-4-6-16-10-12/h3-6,9-10,13-14H,2,7-8H2,1H3. The summed E-state index contributed by atoms with van der Waals surface area (Å²) in [7, 11) is 0. The molecule has 86 valence electrons. The molecule has 2 rings (SSSR count). The van der Waals surface area contributed by atoms with Gasteiger partial charge in [0.05, 0.1) is 0 Å². The molecule has 0 atom stereocenters. The van der Waals surface area contributed by atoms with Gasteiger partial charge in [0.15, 0.2) is 0 Å². The molecule has 2 aromatic heterocycles. The van der Waals surface area contributed by atoms with Crippen molar-refractivity contribution in [3.8, 4) is 0 Å². The van der Waals surface area contributed by atoms with E-state index in [9.17, 15) is 0 Å². The second-order valence-corrected chi connectivity index (χ2v) is 5.49. The Morgan fingerprint density at radius 3 is 2.00 bits per heavy atom. The zero-order valence-electron chi connectivity index (χ0n) is 9.48. The first-order valence-electron chi connectivity index (χ1n) is 5.64. The van der Waals surface area contributed by atoms with Gasteiger partial charge in [0.2, 0.25) is 0 Å². The van der Waals surface area contributed by atoms with Crippen LogP contribution in [0.1, 0.15) is 18.1 Å². The maximum atomic E-state index is 3.57. The number of hydrogen-bond donors (Lipinski definition) is 1. The molecule has 16 heavy (non-hydrogen) atoms. The van der Waals surface area contributed by atoms with Crippen molar-refractivity contribution in [3.05, 3.63) is 44.8 Å². The first kappa shape index (κ1) is 11.8. The maximum Gasteiger partial charge on any atom is 0.0148 e. The minimum atomic E-state index is 0.564. The van der Waals surface area contributed by atoms with Crippen molar-refractivity contribution in [2.24, 2.45) is 0 Å². The lowest BCUT2D eigenvalue weighted by atomic mass is 10.0. The Balaban J connectivity index is 1.94. The van der Waals surface area contributed by atoms with Crippen LogP contribution in [-0.4, -0.2) is 12.6 Å². The molecule has 2 heterocycles. The van der Waals surface area contributed by atoms with Crippen LogP contribution in [0.3, 0.4) is 0 Å². The summed E-state index contributed by atoms with van der Waals surface area (Å²) >= 11 is 3.56. The van der Waals surface area contributed by atoms with Gasteiger partial charge in [-0.25, -0.2) is 0 Å². The summed E-state index contributed by atoms with van der Waals surface area (Å²) in [5.41, 5.74) is 2.90. The van der Waals surface area contributed by atoms with Gasteiger partial charge in [-0.15, -0.1) is 0 Å². The van der Waals surface area contributed by atoms with Crippen LogP contribution in [0.5, 0.6) is 0 Å². The molecule has 0 saturated heterocycles. The van der Waals surface area contributed by atoms with E-state index >= 15 is 0 Å². The van der Waals surface area contributed by atoms with Gasteiger partial charge in [0.25, 0.3) is 0 Å². The molecular weight excluding hydrogens is 234 g/mol. The van der Waals surface area contributed by atoms with Crippen molar-refractivity contribution >= 4 is 22.7 Å². The minimum absolute atomic E-state index is 0.564. The lowest BCUT2D eigenvalue weighted by Crippen LogP contribution is -2.32.